The summed E-state index contributed by atoms with van der Waals surface area (Å²) in [6.07, 6.45) is 3.47. The molecule has 0 N–H and O–H groups in total. The van der Waals surface area contributed by atoms with Crippen molar-refractivity contribution in [3.8, 4) is 11.5 Å². The Balaban J connectivity index is 3.19. The van der Waals surface area contributed by atoms with Crippen LogP contribution in [0.25, 0.3) is 0 Å². The Kier molecular flexibility index (Phi) is 4.89. The van der Waals surface area contributed by atoms with E-state index in [9.17, 15) is 4.79 Å². The first kappa shape index (κ1) is 12.6. The Hall–Kier alpha value is -1.45. The molecule has 0 aliphatic rings. The summed E-state index contributed by atoms with van der Waals surface area (Å²) in [5.74, 6) is 1.45. The van der Waals surface area contributed by atoms with Crippen LogP contribution >= 0.6 is 11.8 Å². The number of ether oxygens (including phenoxy) is 2. The molecule has 0 heterocycles. The van der Waals surface area contributed by atoms with E-state index in [1.165, 1.54) is 6.08 Å². The number of thioether (sulfide) groups is 1. The Morgan fingerprint density at radius 3 is 2.50 bits per heavy atom. The molecule has 0 aliphatic carbocycles. The molecule has 0 radical (unpaired) electrons. The van der Waals surface area contributed by atoms with Gasteiger partial charge in [0, 0.05) is 5.56 Å². The largest absolute Gasteiger partial charge is 0.496 e. The lowest BCUT2D eigenvalue weighted by molar-refractivity contribution is 0.390. The average Bonchev–Trinajstić information content (AvgIpc) is 2.35. The number of nitrogens with zero attached hydrogens (tertiary/aromatic N) is 1. The fourth-order valence-electron chi connectivity index (χ4n) is 1.33. The SMILES string of the molecule is COc1cc(SC)c(OC)cc1CN=C=O. The van der Waals surface area contributed by atoms with Crippen LogP contribution in [0.1, 0.15) is 5.56 Å². The third-order valence-corrected chi connectivity index (χ3v) is 2.86. The Labute approximate surface area is 98.7 Å². The van der Waals surface area contributed by atoms with E-state index in [0.29, 0.717) is 5.75 Å². The smallest absolute Gasteiger partial charge is 0.235 e. The van der Waals surface area contributed by atoms with Crippen LogP contribution < -0.4 is 9.47 Å². The van der Waals surface area contributed by atoms with Gasteiger partial charge in [0.1, 0.15) is 11.5 Å². The molecule has 86 valence electrons. The first-order valence-corrected chi connectivity index (χ1v) is 5.81. The molecule has 0 fully saturated rings. The summed E-state index contributed by atoms with van der Waals surface area (Å²) in [7, 11) is 3.19. The fraction of sp³-hybridized carbons (Fsp3) is 0.364. The second kappa shape index (κ2) is 6.20. The number of rotatable bonds is 5. The summed E-state index contributed by atoms with van der Waals surface area (Å²) in [4.78, 5) is 14.6. The number of aliphatic imine (C=N–C) groups is 1. The predicted octanol–water partition coefficient (Wildman–Crippen LogP) is 2.26. The van der Waals surface area contributed by atoms with Gasteiger partial charge in [-0.3, -0.25) is 0 Å². The zero-order chi connectivity index (χ0) is 12.0. The highest BCUT2D eigenvalue weighted by molar-refractivity contribution is 7.98. The van der Waals surface area contributed by atoms with E-state index < -0.39 is 0 Å². The molecular formula is C11H13NO3S. The molecule has 16 heavy (non-hydrogen) atoms. The van der Waals surface area contributed by atoms with Gasteiger partial charge in [0.2, 0.25) is 6.08 Å². The van der Waals surface area contributed by atoms with Crippen molar-refractivity contribution in [2.75, 3.05) is 20.5 Å². The van der Waals surface area contributed by atoms with Crippen molar-refractivity contribution in [3.05, 3.63) is 17.7 Å². The van der Waals surface area contributed by atoms with Crippen LogP contribution in [0, 0.1) is 0 Å². The van der Waals surface area contributed by atoms with Crippen LogP contribution in [0.3, 0.4) is 0 Å². The van der Waals surface area contributed by atoms with Crippen LogP contribution in [0.4, 0.5) is 0 Å². The number of benzene rings is 1. The minimum Gasteiger partial charge on any atom is -0.496 e. The molecule has 0 saturated carbocycles. The maximum absolute atomic E-state index is 10.1. The highest BCUT2D eigenvalue weighted by Gasteiger charge is 2.10. The number of hydrogen-bond donors (Lipinski definition) is 0. The molecule has 0 saturated heterocycles. The average molecular weight is 239 g/mol. The minimum absolute atomic E-state index is 0.248. The lowest BCUT2D eigenvalue weighted by atomic mass is 10.2. The number of carbonyl (C=O) groups excluding carboxylic acids is 1. The first-order chi connectivity index (χ1) is 7.76. The fourth-order valence-corrected chi connectivity index (χ4v) is 1.90. The lowest BCUT2D eigenvalue weighted by Gasteiger charge is -2.12. The van der Waals surface area contributed by atoms with Crippen molar-refractivity contribution in [1.82, 2.24) is 0 Å². The maximum Gasteiger partial charge on any atom is 0.235 e. The van der Waals surface area contributed by atoms with E-state index in [-0.39, 0.29) is 6.54 Å². The van der Waals surface area contributed by atoms with Crippen molar-refractivity contribution in [2.45, 2.75) is 11.4 Å². The topological polar surface area (TPSA) is 47.9 Å². The highest BCUT2D eigenvalue weighted by Crippen LogP contribution is 2.34. The minimum atomic E-state index is 0.248. The van der Waals surface area contributed by atoms with Crippen molar-refractivity contribution in [2.24, 2.45) is 4.99 Å². The lowest BCUT2D eigenvalue weighted by Crippen LogP contribution is -1.94. The standard InChI is InChI=1S/C11H13NO3S/c1-14-9-5-11(16-3)10(15-2)4-8(9)6-12-7-13/h4-5H,6H2,1-3H3. The van der Waals surface area contributed by atoms with E-state index in [2.05, 4.69) is 4.99 Å². The van der Waals surface area contributed by atoms with Gasteiger partial charge in [0.25, 0.3) is 0 Å². The second-order valence-corrected chi connectivity index (χ2v) is 3.77. The van der Waals surface area contributed by atoms with Gasteiger partial charge in [0.05, 0.1) is 25.7 Å². The molecule has 0 aliphatic heterocycles. The van der Waals surface area contributed by atoms with Crippen LogP contribution in [-0.2, 0) is 11.3 Å². The second-order valence-electron chi connectivity index (χ2n) is 2.93. The molecule has 0 bridgehead atoms. The van der Waals surface area contributed by atoms with Crippen molar-refractivity contribution >= 4 is 17.8 Å². The van der Waals surface area contributed by atoms with Crippen LogP contribution in [0.15, 0.2) is 22.0 Å². The summed E-state index contributed by atoms with van der Waals surface area (Å²) < 4.78 is 10.5. The quantitative estimate of drug-likeness (QED) is 0.449. The number of hydrogen-bond acceptors (Lipinski definition) is 5. The molecule has 5 heteroatoms. The van der Waals surface area contributed by atoms with E-state index in [1.807, 2.05) is 18.4 Å². The Morgan fingerprint density at radius 1 is 1.31 bits per heavy atom. The number of isocyanates is 1. The molecule has 0 spiro atoms. The molecule has 1 aromatic carbocycles. The van der Waals surface area contributed by atoms with Crippen molar-refractivity contribution in [3.63, 3.8) is 0 Å². The predicted molar refractivity (Wildman–Crippen MR) is 63.2 cm³/mol. The van der Waals surface area contributed by atoms with Gasteiger partial charge >= 0.3 is 0 Å². The normalized spacial score (nSPS) is 9.44. The summed E-state index contributed by atoms with van der Waals surface area (Å²) >= 11 is 1.57. The molecule has 0 aromatic heterocycles. The van der Waals surface area contributed by atoms with Gasteiger partial charge in [-0.1, -0.05) is 0 Å². The maximum atomic E-state index is 10.1. The van der Waals surface area contributed by atoms with E-state index in [4.69, 9.17) is 9.47 Å². The zero-order valence-electron chi connectivity index (χ0n) is 9.44. The van der Waals surface area contributed by atoms with Gasteiger partial charge in [-0.15, -0.1) is 11.8 Å². The van der Waals surface area contributed by atoms with Gasteiger partial charge in [0.15, 0.2) is 0 Å². The molecular weight excluding hydrogens is 226 g/mol. The third kappa shape index (κ3) is 2.78. The van der Waals surface area contributed by atoms with E-state index in [0.717, 1.165) is 16.2 Å². The first-order valence-electron chi connectivity index (χ1n) is 4.59. The zero-order valence-corrected chi connectivity index (χ0v) is 10.3. The summed E-state index contributed by atoms with van der Waals surface area (Å²) in [5.41, 5.74) is 0.806. The molecule has 0 atom stereocenters. The van der Waals surface area contributed by atoms with E-state index >= 15 is 0 Å². The van der Waals surface area contributed by atoms with Crippen molar-refractivity contribution < 1.29 is 14.3 Å². The molecule has 0 amide bonds. The molecule has 0 unspecified atom stereocenters. The van der Waals surface area contributed by atoms with Crippen LogP contribution in [0.5, 0.6) is 11.5 Å². The summed E-state index contributed by atoms with van der Waals surface area (Å²) in [6.45, 7) is 0.248. The van der Waals surface area contributed by atoms with Gasteiger partial charge in [-0.2, -0.15) is 0 Å². The highest BCUT2D eigenvalue weighted by atomic mass is 32.2. The number of methoxy groups -OCH3 is 2. The Bertz CT molecular complexity index is 414. The molecule has 4 nitrogen and oxygen atoms in total. The van der Waals surface area contributed by atoms with Crippen LogP contribution in [-0.4, -0.2) is 26.6 Å². The van der Waals surface area contributed by atoms with Gasteiger partial charge in [-0.05, 0) is 18.4 Å². The summed E-state index contributed by atoms with van der Waals surface area (Å²) in [6, 6.07) is 3.70. The third-order valence-electron chi connectivity index (χ3n) is 2.10. The summed E-state index contributed by atoms with van der Waals surface area (Å²) in [5, 5.41) is 0. The monoisotopic (exact) mass is 239 g/mol. The molecule has 1 rings (SSSR count). The van der Waals surface area contributed by atoms with Gasteiger partial charge < -0.3 is 9.47 Å². The Morgan fingerprint density at radius 2 is 2.00 bits per heavy atom. The molecule has 1 aromatic rings. The van der Waals surface area contributed by atoms with Crippen molar-refractivity contribution in [1.29, 1.82) is 0 Å². The van der Waals surface area contributed by atoms with Crippen LogP contribution in [0.2, 0.25) is 0 Å². The van der Waals surface area contributed by atoms with Gasteiger partial charge in [-0.25, -0.2) is 9.79 Å². The van der Waals surface area contributed by atoms with E-state index in [1.54, 1.807) is 26.0 Å².